The summed E-state index contributed by atoms with van der Waals surface area (Å²) in [6, 6.07) is 5.66. The minimum absolute atomic E-state index is 0. The Labute approximate surface area is 173 Å². The molecule has 1 fully saturated rings. The fourth-order valence-electron chi connectivity index (χ4n) is 2.84. The van der Waals surface area contributed by atoms with Gasteiger partial charge in [-0.25, -0.2) is 9.38 Å². The number of guanidine groups is 1. The molecule has 1 unspecified atom stereocenters. The van der Waals surface area contributed by atoms with Crippen LogP contribution in [-0.4, -0.2) is 42.8 Å². The molecule has 0 aromatic heterocycles. The Hall–Kier alpha value is -1.09. The number of rotatable bonds is 6. The van der Waals surface area contributed by atoms with Gasteiger partial charge in [-0.05, 0) is 50.8 Å². The first kappa shape index (κ1) is 23.0. The molecule has 1 aromatic rings. The van der Waals surface area contributed by atoms with Gasteiger partial charge in [-0.3, -0.25) is 0 Å². The smallest absolute Gasteiger partial charge is 0.191 e. The summed E-state index contributed by atoms with van der Waals surface area (Å²) >= 11 is 0. The van der Waals surface area contributed by atoms with Gasteiger partial charge in [-0.2, -0.15) is 0 Å². The maximum Gasteiger partial charge on any atom is 0.191 e. The third-order valence-corrected chi connectivity index (χ3v) is 4.58. The van der Waals surface area contributed by atoms with Crippen molar-refractivity contribution in [3.63, 3.8) is 0 Å². The van der Waals surface area contributed by atoms with Crippen molar-refractivity contribution in [3.05, 3.63) is 29.6 Å². The molecule has 0 radical (unpaired) electrons. The number of nitrogens with zero attached hydrogens (tertiary/aromatic N) is 2. The van der Waals surface area contributed by atoms with E-state index in [2.05, 4.69) is 29.5 Å². The van der Waals surface area contributed by atoms with E-state index in [1.165, 1.54) is 0 Å². The quantitative estimate of drug-likeness (QED) is 0.334. The second-order valence-electron chi connectivity index (χ2n) is 6.65. The minimum Gasteiger partial charge on any atom is -0.393 e. The van der Waals surface area contributed by atoms with Crippen molar-refractivity contribution in [2.45, 2.75) is 58.7 Å². The number of piperidine rings is 1. The van der Waals surface area contributed by atoms with E-state index in [1.54, 1.807) is 6.07 Å². The number of aliphatic hydroxyl groups is 1. The summed E-state index contributed by atoms with van der Waals surface area (Å²) in [7, 11) is 0. The highest BCUT2D eigenvalue weighted by Gasteiger charge is 2.19. The van der Waals surface area contributed by atoms with Gasteiger partial charge in [0.1, 0.15) is 5.82 Å². The van der Waals surface area contributed by atoms with Gasteiger partial charge in [-0.15, -0.1) is 24.0 Å². The van der Waals surface area contributed by atoms with E-state index < -0.39 is 0 Å². The first-order chi connectivity index (χ1) is 12.0. The van der Waals surface area contributed by atoms with Gasteiger partial charge in [0, 0.05) is 25.7 Å². The molecular weight excluding hydrogens is 446 g/mol. The predicted octanol–water partition coefficient (Wildman–Crippen LogP) is 3.26. The molecule has 0 amide bonds. The first-order valence-corrected chi connectivity index (χ1v) is 9.29. The number of anilines is 1. The molecule has 0 bridgehead atoms. The molecule has 3 N–H and O–H groups in total. The van der Waals surface area contributed by atoms with Crippen molar-refractivity contribution < 1.29 is 9.50 Å². The second-order valence-corrected chi connectivity index (χ2v) is 6.65. The Morgan fingerprint density at radius 3 is 2.62 bits per heavy atom. The molecule has 1 aromatic carbocycles. The monoisotopic (exact) mass is 478 g/mol. The number of halogens is 2. The molecular formula is C19H32FIN4O. The van der Waals surface area contributed by atoms with Crippen molar-refractivity contribution >= 4 is 35.6 Å². The van der Waals surface area contributed by atoms with Crippen LogP contribution in [0.5, 0.6) is 0 Å². The van der Waals surface area contributed by atoms with Crippen LogP contribution in [0.1, 0.15) is 45.6 Å². The summed E-state index contributed by atoms with van der Waals surface area (Å²) in [5, 5.41) is 16.1. The summed E-state index contributed by atoms with van der Waals surface area (Å²) in [5.41, 5.74) is 1.46. The largest absolute Gasteiger partial charge is 0.393 e. The van der Waals surface area contributed by atoms with E-state index in [0.29, 0.717) is 44.2 Å². The highest BCUT2D eigenvalue weighted by atomic mass is 127. The normalized spacial score (nSPS) is 16.8. The van der Waals surface area contributed by atoms with E-state index in [4.69, 9.17) is 0 Å². The van der Waals surface area contributed by atoms with Gasteiger partial charge < -0.3 is 20.6 Å². The zero-order chi connectivity index (χ0) is 18.2. The van der Waals surface area contributed by atoms with Gasteiger partial charge in [0.25, 0.3) is 0 Å². The number of hydrogen-bond donors (Lipinski definition) is 3. The Morgan fingerprint density at radius 2 is 2.04 bits per heavy atom. The van der Waals surface area contributed by atoms with Gasteiger partial charge in [-0.1, -0.05) is 13.0 Å². The zero-order valence-corrected chi connectivity index (χ0v) is 18.3. The molecule has 7 heteroatoms. The summed E-state index contributed by atoms with van der Waals surface area (Å²) < 4.78 is 14.5. The molecule has 1 saturated heterocycles. The fourth-order valence-corrected chi connectivity index (χ4v) is 2.84. The van der Waals surface area contributed by atoms with E-state index >= 15 is 0 Å². The van der Waals surface area contributed by atoms with E-state index in [1.807, 2.05) is 24.0 Å². The molecule has 1 atom stereocenters. The van der Waals surface area contributed by atoms with Crippen molar-refractivity contribution in [3.8, 4) is 0 Å². The number of benzene rings is 1. The maximum absolute atomic E-state index is 14.5. The number of aliphatic hydroxyl groups excluding tert-OH is 1. The van der Waals surface area contributed by atoms with Crippen molar-refractivity contribution in [1.29, 1.82) is 0 Å². The zero-order valence-electron chi connectivity index (χ0n) is 16.0. The van der Waals surface area contributed by atoms with Crippen LogP contribution in [0.25, 0.3) is 0 Å². The summed E-state index contributed by atoms with van der Waals surface area (Å²) in [6.07, 6.45) is 2.14. The molecule has 0 spiro atoms. The topological polar surface area (TPSA) is 59.9 Å². The Kier molecular flexibility index (Phi) is 10.2. The van der Waals surface area contributed by atoms with Crippen LogP contribution in [0.3, 0.4) is 0 Å². The maximum atomic E-state index is 14.5. The van der Waals surface area contributed by atoms with Crippen molar-refractivity contribution in [2.75, 3.05) is 24.5 Å². The van der Waals surface area contributed by atoms with Crippen LogP contribution < -0.4 is 15.5 Å². The Balaban J connectivity index is 0.00000338. The van der Waals surface area contributed by atoms with Crippen LogP contribution in [-0.2, 0) is 6.54 Å². The van der Waals surface area contributed by atoms with Crippen molar-refractivity contribution in [2.24, 2.45) is 4.99 Å². The summed E-state index contributed by atoms with van der Waals surface area (Å²) in [6.45, 7) is 8.86. The van der Waals surface area contributed by atoms with Crippen LogP contribution in [0, 0.1) is 5.82 Å². The lowest BCUT2D eigenvalue weighted by Crippen LogP contribution is -2.41. The third kappa shape index (κ3) is 6.90. The molecule has 1 aliphatic heterocycles. The molecule has 148 valence electrons. The lowest BCUT2D eigenvalue weighted by Gasteiger charge is -2.31. The van der Waals surface area contributed by atoms with Crippen molar-refractivity contribution in [1.82, 2.24) is 10.6 Å². The third-order valence-electron chi connectivity index (χ3n) is 4.58. The first-order valence-electron chi connectivity index (χ1n) is 9.29. The van der Waals surface area contributed by atoms with Gasteiger partial charge in [0.15, 0.2) is 5.96 Å². The molecule has 5 nitrogen and oxygen atoms in total. The second kappa shape index (κ2) is 11.6. The van der Waals surface area contributed by atoms with Gasteiger partial charge in [0.05, 0.1) is 18.3 Å². The molecule has 0 aliphatic carbocycles. The molecule has 1 heterocycles. The summed E-state index contributed by atoms with van der Waals surface area (Å²) in [4.78, 5) is 6.55. The predicted molar refractivity (Wildman–Crippen MR) is 117 cm³/mol. The lowest BCUT2D eigenvalue weighted by molar-refractivity contribution is 0.145. The van der Waals surface area contributed by atoms with Gasteiger partial charge >= 0.3 is 0 Å². The number of aliphatic imine (C=N–C) groups is 1. The Bertz CT molecular complexity index is 577. The highest BCUT2D eigenvalue weighted by Crippen LogP contribution is 2.24. The summed E-state index contributed by atoms with van der Waals surface area (Å²) in [5.74, 6) is 0.537. The number of nitrogens with one attached hydrogen (secondary N) is 2. The number of hydrogen-bond acceptors (Lipinski definition) is 3. The van der Waals surface area contributed by atoms with Gasteiger partial charge in [0.2, 0.25) is 0 Å². The minimum atomic E-state index is -0.254. The van der Waals surface area contributed by atoms with E-state index in [-0.39, 0.29) is 35.9 Å². The molecule has 2 rings (SSSR count). The fraction of sp³-hybridized carbons (Fsp3) is 0.632. The lowest BCUT2D eigenvalue weighted by atomic mass is 10.1. The highest BCUT2D eigenvalue weighted by molar-refractivity contribution is 14.0. The standard InChI is InChI=1S/C19H31FN4O.HI/c1-4-14(3)23-19(21-5-2)22-13-15-6-7-18(17(20)12-15)24-10-8-16(25)9-11-24;/h6-7,12,14,16,25H,4-5,8-11,13H2,1-3H3,(H2,21,22,23);1H. The Morgan fingerprint density at radius 1 is 1.35 bits per heavy atom. The SMILES string of the molecule is CCNC(=NCc1ccc(N2CCC(O)CC2)c(F)c1)NC(C)CC.I. The van der Waals surface area contributed by atoms with Crippen LogP contribution >= 0.6 is 24.0 Å². The van der Waals surface area contributed by atoms with E-state index in [0.717, 1.165) is 24.5 Å². The average molecular weight is 478 g/mol. The molecule has 0 saturated carbocycles. The van der Waals surface area contributed by atoms with E-state index in [9.17, 15) is 9.50 Å². The molecule has 1 aliphatic rings. The van der Waals surface area contributed by atoms with Crippen LogP contribution in [0.15, 0.2) is 23.2 Å². The van der Waals surface area contributed by atoms with Crippen LogP contribution in [0.2, 0.25) is 0 Å². The molecule has 26 heavy (non-hydrogen) atoms. The average Bonchev–Trinajstić information content (AvgIpc) is 2.61. The van der Waals surface area contributed by atoms with Crippen LogP contribution in [0.4, 0.5) is 10.1 Å².